The van der Waals surface area contributed by atoms with E-state index in [1.165, 1.54) is 11.1 Å². The second-order valence-corrected chi connectivity index (χ2v) is 8.87. The van der Waals surface area contributed by atoms with E-state index in [-0.39, 0.29) is 12.6 Å². The molecule has 4 rings (SSSR count). The minimum absolute atomic E-state index is 0.0348. The van der Waals surface area contributed by atoms with Crippen LogP contribution in [0.5, 0.6) is 5.75 Å². The number of hydrogen-bond donors (Lipinski definition) is 2. The molecular formula is C26H25F3N4O6. The van der Waals surface area contributed by atoms with Crippen molar-refractivity contribution in [2.75, 3.05) is 19.6 Å². The Morgan fingerprint density at radius 2 is 1.74 bits per heavy atom. The van der Waals surface area contributed by atoms with Crippen LogP contribution in [0.3, 0.4) is 0 Å². The van der Waals surface area contributed by atoms with Crippen molar-refractivity contribution in [2.45, 2.75) is 39.0 Å². The minimum Gasteiger partial charge on any atom is -0.490 e. The lowest BCUT2D eigenvalue weighted by atomic mass is 10.00. The second-order valence-electron chi connectivity index (χ2n) is 8.87. The number of hydrogen-bond acceptors (Lipinski definition) is 8. The molecule has 0 atom stereocenters. The van der Waals surface area contributed by atoms with E-state index in [1.807, 2.05) is 24.8 Å². The Morgan fingerprint density at radius 1 is 1.10 bits per heavy atom. The average Bonchev–Trinajstić information content (AvgIpc) is 3.27. The Morgan fingerprint density at radius 3 is 2.33 bits per heavy atom. The first kappa shape index (κ1) is 29.1. The SMILES string of the molecule is CC(C)Oc1ccc(-c2nc(-c3ccc4c(c3)CCN(CC(=O)O)CC4)no2)cc1C#N.O=C(O)C(F)(F)F. The summed E-state index contributed by atoms with van der Waals surface area (Å²) >= 11 is 0. The molecule has 0 amide bonds. The molecule has 0 fully saturated rings. The zero-order valence-electron chi connectivity index (χ0n) is 21.0. The number of rotatable bonds is 6. The largest absolute Gasteiger partial charge is 0.490 e. The predicted octanol–water partition coefficient (Wildman–Crippen LogP) is 4.18. The van der Waals surface area contributed by atoms with Gasteiger partial charge in [0.2, 0.25) is 5.82 Å². The van der Waals surface area contributed by atoms with Crippen LogP contribution in [0.15, 0.2) is 40.9 Å². The van der Waals surface area contributed by atoms with E-state index in [1.54, 1.807) is 18.2 Å². The number of nitriles is 1. The predicted molar refractivity (Wildman–Crippen MR) is 131 cm³/mol. The molecule has 2 N–H and O–H groups in total. The quantitative estimate of drug-likeness (QED) is 0.461. The van der Waals surface area contributed by atoms with Gasteiger partial charge in [0.25, 0.3) is 5.89 Å². The highest BCUT2D eigenvalue weighted by molar-refractivity contribution is 5.73. The Bertz CT molecular complexity index is 1380. The van der Waals surface area contributed by atoms with Crippen molar-refractivity contribution in [1.29, 1.82) is 5.26 Å². The molecule has 1 aromatic heterocycles. The summed E-state index contributed by atoms with van der Waals surface area (Å²) in [6.45, 7) is 5.29. The van der Waals surface area contributed by atoms with E-state index < -0.39 is 18.1 Å². The van der Waals surface area contributed by atoms with Crippen LogP contribution in [0, 0.1) is 11.3 Å². The molecular weight excluding hydrogens is 521 g/mol. The summed E-state index contributed by atoms with van der Waals surface area (Å²) in [4.78, 5) is 26.4. The molecule has 0 aliphatic carbocycles. The molecule has 2 heterocycles. The number of aliphatic carboxylic acids is 2. The van der Waals surface area contributed by atoms with Gasteiger partial charge >= 0.3 is 18.1 Å². The van der Waals surface area contributed by atoms with Crippen molar-refractivity contribution >= 4 is 11.9 Å². The Kier molecular flexibility index (Phi) is 9.26. The van der Waals surface area contributed by atoms with Crippen LogP contribution in [-0.4, -0.2) is 69.1 Å². The number of halogens is 3. The van der Waals surface area contributed by atoms with Gasteiger partial charge in [-0.3, -0.25) is 9.69 Å². The molecule has 0 spiro atoms. The van der Waals surface area contributed by atoms with Gasteiger partial charge in [-0.15, -0.1) is 0 Å². The molecule has 206 valence electrons. The summed E-state index contributed by atoms with van der Waals surface area (Å²) < 4.78 is 42.9. The lowest BCUT2D eigenvalue weighted by Gasteiger charge is -2.16. The number of carboxylic acids is 2. The second kappa shape index (κ2) is 12.4. The Labute approximate surface area is 221 Å². The summed E-state index contributed by atoms with van der Waals surface area (Å²) in [5.41, 5.74) is 4.28. The van der Waals surface area contributed by atoms with Crippen molar-refractivity contribution in [3.8, 4) is 34.7 Å². The fourth-order valence-electron chi connectivity index (χ4n) is 3.83. The van der Waals surface area contributed by atoms with E-state index in [0.29, 0.717) is 35.1 Å². The van der Waals surface area contributed by atoms with E-state index >= 15 is 0 Å². The molecule has 10 nitrogen and oxygen atoms in total. The van der Waals surface area contributed by atoms with E-state index in [9.17, 15) is 23.2 Å². The van der Waals surface area contributed by atoms with Crippen molar-refractivity contribution in [1.82, 2.24) is 15.0 Å². The maximum Gasteiger partial charge on any atom is 0.490 e. The first-order chi connectivity index (χ1) is 18.4. The normalized spacial score (nSPS) is 13.5. The molecule has 2 aromatic carbocycles. The molecule has 0 saturated heterocycles. The van der Waals surface area contributed by atoms with Crippen molar-refractivity contribution in [3.63, 3.8) is 0 Å². The fourth-order valence-corrected chi connectivity index (χ4v) is 3.83. The smallest absolute Gasteiger partial charge is 0.490 e. The van der Waals surface area contributed by atoms with Crippen LogP contribution in [0.25, 0.3) is 22.8 Å². The number of alkyl halides is 3. The molecule has 1 aliphatic rings. The summed E-state index contributed by atoms with van der Waals surface area (Å²) in [5, 5.41) is 29.8. The number of benzene rings is 2. The van der Waals surface area contributed by atoms with Crippen LogP contribution < -0.4 is 4.74 Å². The number of ether oxygens (including phenoxy) is 1. The monoisotopic (exact) mass is 546 g/mol. The standard InChI is InChI=1S/C24H24N4O4.C2HF3O2/c1-15(2)31-21-6-5-19(12-20(21)13-25)24-26-23(27-32-24)18-4-3-16-7-9-28(14-22(29)30)10-8-17(16)11-18;3-2(4,5)1(6)7/h3-6,11-12,15H,7-10,14H2,1-2H3,(H,29,30);(H,6,7). The van der Waals surface area contributed by atoms with E-state index in [4.69, 9.17) is 24.3 Å². The highest BCUT2D eigenvalue weighted by Crippen LogP contribution is 2.29. The van der Waals surface area contributed by atoms with Crippen molar-refractivity contribution < 1.29 is 42.2 Å². The zero-order chi connectivity index (χ0) is 28.7. The molecule has 0 saturated carbocycles. The van der Waals surface area contributed by atoms with Crippen molar-refractivity contribution in [2.24, 2.45) is 0 Å². The summed E-state index contributed by atoms with van der Waals surface area (Å²) in [6, 6.07) is 13.4. The highest BCUT2D eigenvalue weighted by atomic mass is 19.4. The van der Waals surface area contributed by atoms with Crippen LogP contribution in [0.4, 0.5) is 13.2 Å². The van der Waals surface area contributed by atoms with Crippen LogP contribution in [0.1, 0.15) is 30.5 Å². The maximum atomic E-state index is 11.0. The topological polar surface area (TPSA) is 150 Å². The first-order valence-corrected chi connectivity index (χ1v) is 11.8. The van der Waals surface area contributed by atoms with Gasteiger partial charge in [0.15, 0.2) is 0 Å². The highest BCUT2D eigenvalue weighted by Gasteiger charge is 2.38. The Hall–Kier alpha value is -4.44. The number of fused-ring (bicyclic) bond motifs is 1. The fraction of sp³-hybridized carbons (Fsp3) is 0.346. The van der Waals surface area contributed by atoms with Gasteiger partial charge in [0.05, 0.1) is 18.2 Å². The van der Waals surface area contributed by atoms with Gasteiger partial charge in [-0.2, -0.15) is 23.4 Å². The molecule has 3 aromatic rings. The zero-order valence-corrected chi connectivity index (χ0v) is 21.0. The molecule has 1 aliphatic heterocycles. The number of carboxylic acid groups (broad SMARTS) is 2. The van der Waals surface area contributed by atoms with Crippen LogP contribution >= 0.6 is 0 Å². The third-order valence-corrected chi connectivity index (χ3v) is 5.60. The summed E-state index contributed by atoms with van der Waals surface area (Å²) in [6.07, 6.45) is -3.54. The average molecular weight is 547 g/mol. The first-order valence-electron chi connectivity index (χ1n) is 11.8. The molecule has 13 heteroatoms. The molecule has 0 radical (unpaired) electrons. The van der Waals surface area contributed by atoms with E-state index in [0.717, 1.165) is 24.9 Å². The summed E-state index contributed by atoms with van der Waals surface area (Å²) in [7, 11) is 0. The van der Waals surface area contributed by atoms with Gasteiger partial charge in [0.1, 0.15) is 11.8 Å². The minimum atomic E-state index is -5.08. The summed E-state index contributed by atoms with van der Waals surface area (Å²) in [5.74, 6) is -2.24. The third kappa shape index (κ3) is 8.02. The Balaban J connectivity index is 0.000000532. The number of nitrogens with zero attached hydrogens (tertiary/aromatic N) is 4. The molecule has 39 heavy (non-hydrogen) atoms. The molecule has 0 unspecified atom stereocenters. The van der Waals surface area contributed by atoms with Crippen LogP contribution in [0.2, 0.25) is 0 Å². The number of carbonyl (C=O) groups is 2. The maximum absolute atomic E-state index is 11.0. The van der Waals surface area contributed by atoms with Crippen molar-refractivity contribution in [3.05, 3.63) is 53.1 Å². The molecule has 0 bridgehead atoms. The third-order valence-electron chi connectivity index (χ3n) is 5.60. The van der Waals surface area contributed by atoms with Gasteiger partial charge in [0, 0.05) is 24.2 Å². The van der Waals surface area contributed by atoms with Gasteiger partial charge < -0.3 is 19.5 Å². The van der Waals surface area contributed by atoms with Crippen LogP contribution in [-0.2, 0) is 22.4 Å². The lowest BCUT2D eigenvalue weighted by Crippen LogP contribution is -2.31. The van der Waals surface area contributed by atoms with Gasteiger partial charge in [-0.1, -0.05) is 17.3 Å². The lowest BCUT2D eigenvalue weighted by molar-refractivity contribution is -0.192. The van der Waals surface area contributed by atoms with Gasteiger partial charge in [-0.05, 0) is 62.1 Å². The number of aromatic nitrogens is 2. The van der Waals surface area contributed by atoms with E-state index in [2.05, 4.69) is 28.3 Å². The van der Waals surface area contributed by atoms with Gasteiger partial charge in [-0.25, -0.2) is 4.79 Å².